The first-order chi connectivity index (χ1) is 12.9. The van der Waals surface area contributed by atoms with E-state index in [0.717, 1.165) is 19.3 Å². The maximum atomic E-state index is 14.5. The number of halogens is 1. The highest BCUT2D eigenvalue weighted by Crippen LogP contribution is 2.53. The lowest BCUT2D eigenvalue weighted by atomic mass is 9.65. The first kappa shape index (κ1) is 17.5. The lowest BCUT2D eigenvalue weighted by Gasteiger charge is -2.39. The van der Waals surface area contributed by atoms with Crippen LogP contribution >= 0.6 is 0 Å². The average molecular weight is 368 g/mol. The van der Waals surface area contributed by atoms with Crippen LogP contribution in [0.3, 0.4) is 0 Å². The van der Waals surface area contributed by atoms with Crippen molar-refractivity contribution in [3.8, 4) is 5.75 Å². The van der Waals surface area contributed by atoms with Crippen molar-refractivity contribution in [2.24, 2.45) is 0 Å². The van der Waals surface area contributed by atoms with Crippen molar-refractivity contribution in [3.63, 3.8) is 0 Å². The molecule has 0 unspecified atom stereocenters. The minimum Gasteiger partial charge on any atom is -0.507 e. The zero-order chi connectivity index (χ0) is 19.2. The third kappa shape index (κ3) is 2.76. The van der Waals surface area contributed by atoms with Gasteiger partial charge in [-0.2, -0.15) is 0 Å². The van der Waals surface area contributed by atoms with Crippen LogP contribution in [-0.2, 0) is 10.2 Å². The fourth-order valence-electron chi connectivity index (χ4n) is 4.10. The summed E-state index contributed by atoms with van der Waals surface area (Å²) in [6.45, 7) is 2.14. The van der Waals surface area contributed by atoms with Gasteiger partial charge in [0, 0.05) is 29.6 Å². The normalized spacial score (nSPS) is 16.7. The topological polar surface area (TPSA) is 69.6 Å². The molecule has 4 rings (SSSR count). The molecular formula is C21H21FN2O3. The van der Waals surface area contributed by atoms with Gasteiger partial charge < -0.3 is 15.3 Å². The molecule has 2 aliphatic rings. The number of nitrogens with zero attached hydrogens (tertiary/aromatic N) is 1. The molecule has 0 aromatic heterocycles. The molecule has 1 heterocycles. The molecule has 6 heteroatoms. The molecule has 5 nitrogen and oxygen atoms in total. The van der Waals surface area contributed by atoms with Crippen LogP contribution in [0.5, 0.6) is 5.75 Å². The van der Waals surface area contributed by atoms with Gasteiger partial charge in [0.25, 0.3) is 5.91 Å². The van der Waals surface area contributed by atoms with Gasteiger partial charge >= 0.3 is 0 Å². The van der Waals surface area contributed by atoms with E-state index in [1.54, 1.807) is 30.0 Å². The number of carbonyl (C=O) groups excluding carboxylic acids is 2. The maximum absolute atomic E-state index is 14.5. The molecule has 2 amide bonds. The van der Waals surface area contributed by atoms with Gasteiger partial charge in [-0.05, 0) is 43.2 Å². The number of fused-ring (bicyclic) bond motifs is 2. The Morgan fingerprint density at radius 3 is 2.70 bits per heavy atom. The summed E-state index contributed by atoms with van der Waals surface area (Å²) in [5.41, 5.74) is 1.40. The summed E-state index contributed by atoms with van der Waals surface area (Å²) < 4.78 is 14.5. The second kappa shape index (κ2) is 6.37. The van der Waals surface area contributed by atoms with E-state index in [1.807, 2.05) is 0 Å². The highest BCUT2D eigenvalue weighted by molar-refractivity contribution is 6.10. The molecule has 2 aromatic carbocycles. The zero-order valence-corrected chi connectivity index (χ0v) is 15.1. The minimum absolute atomic E-state index is 0.0930. The second-order valence-corrected chi connectivity index (χ2v) is 7.29. The monoisotopic (exact) mass is 368 g/mol. The molecule has 2 aromatic rings. The Bertz CT molecular complexity index is 937. The summed E-state index contributed by atoms with van der Waals surface area (Å²) in [6, 6.07) is 9.19. The van der Waals surface area contributed by atoms with Crippen molar-refractivity contribution in [3.05, 3.63) is 53.3 Å². The van der Waals surface area contributed by atoms with Gasteiger partial charge in [0.1, 0.15) is 11.6 Å². The summed E-state index contributed by atoms with van der Waals surface area (Å²) in [6.07, 6.45) is 3.03. The lowest BCUT2D eigenvalue weighted by Crippen LogP contribution is -2.41. The molecule has 1 aliphatic heterocycles. The second-order valence-electron chi connectivity index (χ2n) is 7.29. The van der Waals surface area contributed by atoms with Crippen molar-refractivity contribution < 1.29 is 19.1 Å². The first-order valence-electron chi connectivity index (χ1n) is 9.19. The number of nitrogens with one attached hydrogen (secondary N) is 1. The maximum Gasteiger partial charge on any atom is 0.262 e. The molecule has 0 atom stereocenters. The number of rotatable bonds is 3. The van der Waals surface area contributed by atoms with Gasteiger partial charge in [-0.25, -0.2) is 4.39 Å². The van der Waals surface area contributed by atoms with Crippen LogP contribution in [0.1, 0.15) is 48.5 Å². The van der Waals surface area contributed by atoms with Crippen LogP contribution in [-0.4, -0.2) is 23.5 Å². The molecule has 1 fully saturated rings. The molecule has 0 bridgehead atoms. The van der Waals surface area contributed by atoms with Crippen LogP contribution in [0.15, 0.2) is 36.4 Å². The van der Waals surface area contributed by atoms with Crippen LogP contribution in [0.2, 0.25) is 0 Å². The number of carbonyl (C=O) groups is 2. The van der Waals surface area contributed by atoms with Gasteiger partial charge in [-0.1, -0.05) is 19.4 Å². The van der Waals surface area contributed by atoms with E-state index in [1.165, 1.54) is 18.2 Å². The smallest absolute Gasteiger partial charge is 0.262 e. The number of anilines is 2. The summed E-state index contributed by atoms with van der Waals surface area (Å²) in [4.78, 5) is 26.4. The summed E-state index contributed by atoms with van der Waals surface area (Å²) in [5.74, 6) is -1.02. The third-order valence-electron chi connectivity index (χ3n) is 5.66. The van der Waals surface area contributed by atoms with Crippen LogP contribution in [0.4, 0.5) is 15.8 Å². The molecule has 140 valence electrons. The molecule has 27 heavy (non-hydrogen) atoms. The van der Waals surface area contributed by atoms with Crippen molar-refractivity contribution >= 4 is 23.2 Å². The van der Waals surface area contributed by atoms with Crippen molar-refractivity contribution in [2.75, 3.05) is 16.8 Å². The minimum atomic E-state index is -0.393. The largest absolute Gasteiger partial charge is 0.507 e. The number of aromatic hydroxyl groups is 1. The molecule has 2 N–H and O–H groups in total. The van der Waals surface area contributed by atoms with Crippen LogP contribution in [0.25, 0.3) is 0 Å². The van der Waals surface area contributed by atoms with E-state index in [4.69, 9.17) is 0 Å². The predicted octanol–water partition coefficient (Wildman–Crippen LogP) is 3.96. The summed E-state index contributed by atoms with van der Waals surface area (Å²) in [7, 11) is 0. The van der Waals surface area contributed by atoms with Gasteiger partial charge in [0.2, 0.25) is 5.91 Å². The predicted molar refractivity (Wildman–Crippen MR) is 101 cm³/mol. The van der Waals surface area contributed by atoms with Gasteiger partial charge in [-0.3, -0.25) is 9.59 Å². The number of benzene rings is 2. The summed E-state index contributed by atoms with van der Waals surface area (Å²) in [5, 5.41) is 12.9. The Morgan fingerprint density at radius 2 is 2.04 bits per heavy atom. The zero-order valence-electron chi connectivity index (χ0n) is 15.1. The number of phenolic OH excluding ortho intramolecular Hbond substituents is 1. The van der Waals surface area contributed by atoms with Crippen molar-refractivity contribution in [1.29, 1.82) is 0 Å². The van der Waals surface area contributed by atoms with Gasteiger partial charge in [0.15, 0.2) is 0 Å². The highest BCUT2D eigenvalue weighted by atomic mass is 19.1. The quantitative estimate of drug-likeness (QED) is 0.806. The Kier molecular flexibility index (Phi) is 4.13. The van der Waals surface area contributed by atoms with Gasteiger partial charge in [0.05, 0.1) is 11.3 Å². The van der Waals surface area contributed by atoms with E-state index < -0.39 is 5.91 Å². The van der Waals surface area contributed by atoms with Crippen LogP contribution < -0.4 is 10.2 Å². The SMILES string of the molecule is CCC(=O)Nc1ccc(O)c(C(=O)N2CC3(CCC3)c3c(F)cccc32)c1. The van der Waals surface area contributed by atoms with E-state index in [-0.39, 0.29) is 28.5 Å². The number of hydrogen-bond acceptors (Lipinski definition) is 3. The highest BCUT2D eigenvalue weighted by Gasteiger charge is 2.50. The number of phenols is 1. The summed E-state index contributed by atoms with van der Waals surface area (Å²) >= 11 is 0. The van der Waals surface area contributed by atoms with E-state index >= 15 is 0 Å². The van der Waals surface area contributed by atoms with Crippen molar-refractivity contribution in [2.45, 2.75) is 38.0 Å². The fourth-order valence-corrected chi connectivity index (χ4v) is 4.10. The average Bonchev–Trinajstić information content (AvgIpc) is 3.00. The molecule has 1 saturated carbocycles. The standard InChI is InChI=1S/C21H21FN2O3/c1-2-18(26)23-13-7-8-17(25)14(11-13)20(27)24-12-21(9-4-10-21)19-15(22)5-3-6-16(19)24/h3,5-8,11,25H,2,4,9-10,12H2,1H3,(H,23,26). The molecule has 1 aliphatic carbocycles. The number of hydrogen-bond donors (Lipinski definition) is 2. The Morgan fingerprint density at radius 1 is 1.26 bits per heavy atom. The Labute approximate surface area is 156 Å². The van der Waals surface area contributed by atoms with E-state index in [2.05, 4.69) is 5.32 Å². The molecule has 0 saturated heterocycles. The van der Waals surface area contributed by atoms with Crippen LogP contribution in [0, 0.1) is 5.82 Å². The first-order valence-corrected chi connectivity index (χ1v) is 9.19. The van der Waals surface area contributed by atoms with Gasteiger partial charge in [-0.15, -0.1) is 0 Å². The van der Waals surface area contributed by atoms with E-state index in [9.17, 15) is 19.1 Å². The lowest BCUT2D eigenvalue weighted by molar-refractivity contribution is -0.115. The van der Waals surface area contributed by atoms with Crippen molar-refractivity contribution in [1.82, 2.24) is 0 Å². The van der Waals surface area contributed by atoms with E-state index in [0.29, 0.717) is 29.9 Å². The molecule has 0 radical (unpaired) electrons. The Hall–Kier alpha value is -2.89. The fraction of sp³-hybridized carbons (Fsp3) is 0.333. The Balaban J connectivity index is 1.71. The molecule has 1 spiro atoms. The third-order valence-corrected chi connectivity index (χ3v) is 5.66. The number of amides is 2. The molecular weight excluding hydrogens is 347 g/mol.